The number of fused-ring (bicyclic) bond motifs is 1. The SMILES string of the molecule is COC(=O)c1ccc2c(N)ccc(Br)c2n1. The molecule has 4 nitrogen and oxygen atoms in total. The number of rotatable bonds is 1. The Hall–Kier alpha value is -1.62. The first-order valence-corrected chi connectivity index (χ1v) is 5.36. The van der Waals surface area contributed by atoms with E-state index in [1.807, 2.05) is 0 Å². The first kappa shape index (κ1) is 10.9. The van der Waals surface area contributed by atoms with Crippen molar-refractivity contribution in [2.24, 2.45) is 0 Å². The molecule has 0 spiro atoms. The Labute approximate surface area is 101 Å². The molecule has 2 N–H and O–H groups in total. The van der Waals surface area contributed by atoms with Gasteiger partial charge in [0.25, 0.3) is 0 Å². The number of carbonyl (C=O) groups is 1. The van der Waals surface area contributed by atoms with Crippen LogP contribution in [0.25, 0.3) is 10.9 Å². The maximum atomic E-state index is 11.3. The number of anilines is 1. The van der Waals surface area contributed by atoms with Crippen LogP contribution in [0.2, 0.25) is 0 Å². The summed E-state index contributed by atoms with van der Waals surface area (Å²) >= 11 is 3.37. The number of pyridine rings is 1. The van der Waals surface area contributed by atoms with Gasteiger partial charge in [0.2, 0.25) is 0 Å². The summed E-state index contributed by atoms with van der Waals surface area (Å²) in [6.07, 6.45) is 0. The lowest BCUT2D eigenvalue weighted by Gasteiger charge is -2.05. The second kappa shape index (κ2) is 4.09. The molecule has 0 unspecified atom stereocenters. The van der Waals surface area contributed by atoms with Crippen molar-refractivity contribution in [3.63, 3.8) is 0 Å². The summed E-state index contributed by atoms with van der Waals surface area (Å²) in [6, 6.07) is 6.93. The predicted molar refractivity (Wildman–Crippen MR) is 65.2 cm³/mol. The van der Waals surface area contributed by atoms with Gasteiger partial charge in [-0.25, -0.2) is 9.78 Å². The molecule has 1 heterocycles. The normalized spacial score (nSPS) is 10.4. The Kier molecular flexibility index (Phi) is 2.78. The number of carbonyl (C=O) groups excluding carboxylic acids is 1. The molecule has 0 aliphatic heterocycles. The number of hydrogen-bond acceptors (Lipinski definition) is 4. The summed E-state index contributed by atoms with van der Waals surface area (Å²) in [6.45, 7) is 0. The zero-order valence-electron chi connectivity index (χ0n) is 8.53. The van der Waals surface area contributed by atoms with Crippen molar-refractivity contribution in [3.8, 4) is 0 Å². The van der Waals surface area contributed by atoms with E-state index in [0.29, 0.717) is 11.2 Å². The van der Waals surface area contributed by atoms with Gasteiger partial charge in [0.1, 0.15) is 5.69 Å². The smallest absolute Gasteiger partial charge is 0.356 e. The van der Waals surface area contributed by atoms with Gasteiger partial charge in [0, 0.05) is 15.5 Å². The molecule has 0 saturated carbocycles. The fraction of sp³-hybridized carbons (Fsp3) is 0.0909. The van der Waals surface area contributed by atoms with Gasteiger partial charge in [-0.1, -0.05) is 0 Å². The van der Waals surface area contributed by atoms with E-state index in [-0.39, 0.29) is 5.69 Å². The van der Waals surface area contributed by atoms with Crippen molar-refractivity contribution in [1.29, 1.82) is 0 Å². The van der Waals surface area contributed by atoms with Crippen LogP contribution in [-0.2, 0) is 4.74 Å². The van der Waals surface area contributed by atoms with Gasteiger partial charge in [0.15, 0.2) is 0 Å². The summed E-state index contributed by atoms with van der Waals surface area (Å²) in [5.41, 5.74) is 7.35. The minimum Gasteiger partial charge on any atom is -0.464 e. The molecule has 2 aromatic rings. The van der Waals surface area contributed by atoms with Gasteiger partial charge >= 0.3 is 5.97 Å². The second-order valence-electron chi connectivity index (χ2n) is 3.22. The third-order valence-electron chi connectivity index (χ3n) is 2.24. The van der Waals surface area contributed by atoms with Crippen LogP contribution in [0.15, 0.2) is 28.7 Å². The van der Waals surface area contributed by atoms with Crippen LogP contribution in [0.1, 0.15) is 10.5 Å². The number of hydrogen-bond donors (Lipinski definition) is 1. The lowest BCUT2D eigenvalue weighted by Crippen LogP contribution is -2.04. The van der Waals surface area contributed by atoms with Gasteiger partial charge < -0.3 is 10.5 Å². The number of aromatic nitrogens is 1. The zero-order chi connectivity index (χ0) is 11.7. The molecule has 0 fully saturated rings. The summed E-state index contributed by atoms with van der Waals surface area (Å²) < 4.78 is 5.40. The Bertz CT molecular complexity index is 569. The minimum absolute atomic E-state index is 0.265. The summed E-state index contributed by atoms with van der Waals surface area (Å²) in [7, 11) is 1.32. The van der Waals surface area contributed by atoms with Crippen molar-refractivity contribution in [1.82, 2.24) is 4.98 Å². The lowest BCUT2D eigenvalue weighted by atomic mass is 10.1. The first-order chi connectivity index (χ1) is 7.63. The Morgan fingerprint density at radius 3 is 2.81 bits per heavy atom. The maximum absolute atomic E-state index is 11.3. The first-order valence-electron chi connectivity index (χ1n) is 4.56. The molecule has 0 radical (unpaired) electrons. The Balaban J connectivity index is 2.70. The quantitative estimate of drug-likeness (QED) is 0.643. The Morgan fingerprint density at radius 1 is 1.38 bits per heavy atom. The number of nitrogens with zero attached hydrogens (tertiary/aromatic N) is 1. The molecule has 1 aromatic carbocycles. The van der Waals surface area contributed by atoms with Crippen LogP contribution in [0.3, 0.4) is 0 Å². The van der Waals surface area contributed by atoms with Gasteiger partial charge in [-0.15, -0.1) is 0 Å². The number of benzene rings is 1. The number of nitrogen functional groups attached to an aromatic ring is 1. The number of nitrogens with two attached hydrogens (primary N) is 1. The average molecular weight is 281 g/mol. The molecule has 0 atom stereocenters. The number of ether oxygens (including phenoxy) is 1. The van der Waals surface area contributed by atoms with Gasteiger partial charge in [-0.3, -0.25) is 0 Å². The summed E-state index contributed by atoms with van der Waals surface area (Å²) in [5, 5.41) is 0.807. The summed E-state index contributed by atoms with van der Waals surface area (Å²) in [4.78, 5) is 15.5. The molecule has 0 amide bonds. The van der Waals surface area contributed by atoms with E-state index in [2.05, 4.69) is 25.7 Å². The van der Waals surface area contributed by atoms with Gasteiger partial charge in [-0.2, -0.15) is 0 Å². The highest BCUT2D eigenvalue weighted by molar-refractivity contribution is 9.10. The standard InChI is InChI=1S/C11H9BrN2O2/c1-16-11(15)9-5-2-6-8(13)4-3-7(12)10(6)14-9/h2-5H,13H2,1H3. The monoisotopic (exact) mass is 280 g/mol. The van der Waals surface area contributed by atoms with Crippen molar-refractivity contribution in [2.75, 3.05) is 12.8 Å². The van der Waals surface area contributed by atoms with Gasteiger partial charge in [0.05, 0.1) is 12.6 Å². The van der Waals surface area contributed by atoms with Crippen LogP contribution in [0.4, 0.5) is 5.69 Å². The van der Waals surface area contributed by atoms with Crippen LogP contribution < -0.4 is 5.73 Å². The highest BCUT2D eigenvalue weighted by Crippen LogP contribution is 2.27. The average Bonchev–Trinajstić information content (AvgIpc) is 2.32. The molecule has 82 valence electrons. The molecule has 0 aliphatic carbocycles. The molecule has 1 aromatic heterocycles. The third kappa shape index (κ3) is 1.74. The van der Waals surface area contributed by atoms with Crippen LogP contribution >= 0.6 is 15.9 Å². The largest absolute Gasteiger partial charge is 0.464 e. The minimum atomic E-state index is -0.462. The third-order valence-corrected chi connectivity index (χ3v) is 2.88. The second-order valence-corrected chi connectivity index (χ2v) is 4.08. The van der Waals surface area contributed by atoms with Gasteiger partial charge in [-0.05, 0) is 40.2 Å². The van der Waals surface area contributed by atoms with Crippen molar-refractivity contribution in [3.05, 3.63) is 34.4 Å². The van der Waals surface area contributed by atoms with Crippen molar-refractivity contribution >= 4 is 38.5 Å². The number of methoxy groups -OCH3 is 1. The molecule has 2 rings (SSSR count). The number of esters is 1. The topological polar surface area (TPSA) is 65.2 Å². The molecule has 0 aliphatic rings. The molecule has 16 heavy (non-hydrogen) atoms. The fourth-order valence-corrected chi connectivity index (χ4v) is 1.86. The van der Waals surface area contributed by atoms with Crippen LogP contribution in [0, 0.1) is 0 Å². The van der Waals surface area contributed by atoms with Crippen molar-refractivity contribution in [2.45, 2.75) is 0 Å². The van der Waals surface area contributed by atoms with E-state index >= 15 is 0 Å². The van der Waals surface area contributed by atoms with Crippen LogP contribution in [0.5, 0.6) is 0 Å². The van der Waals surface area contributed by atoms with E-state index < -0.39 is 5.97 Å². The van der Waals surface area contributed by atoms with E-state index in [9.17, 15) is 4.79 Å². The van der Waals surface area contributed by atoms with E-state index in [1.54, 1.807) is 24.3 Å². The molecule has 0 bridgehead atoms. The van der Waals surface area contributed by atoms with E-state index in [4.69, 9.17) is 5.73 Å². The summed E-state index contributed by atoms with van der Waals surface area (Å²) in [5.74, 6) is -0.462. The molecule has 5 heteroatoms. The van der Waals surface area contributed by atoms with Crippen LogP contribution in [-0.4, -0.2) is 18.1 Å². The highest BCUT2D eigenvalue weighted by Gasteiger charge is 2.10. The number of halogens is 1. The zero-order valence-corrected chi connectivity index (χ0v) is 10.1. The Morgan fingerprint density at radius 2 is 2.12 bits per heavy atom. The molecular weight excluding hydrogens is 272 g/mol. The predicted octanol–water partition coefficient (Wildman–Crippen LogP) is 2.37. The molecule has 0 saturated heterocycles. The maximum Gasteiger partial charge on any atom is 0.356 e. The van der Waals surface area contributed by atoms with E-state index in [1.165, 1.54) is 7.11 Å². The molecular formula is C11H9BrN2O2. The lowest BCUT2D eigenvalue weighted by molar-refractivity contribution is 0.0594. The van der Waals surface area contributed by atoms with Crippen molar-refractivity contribution < 1.29 is 9.53 Å². The fourth-order valence-electron chi connectivity index (χ4n) is 1.42. The van der Waals surface area contributed by atoms with E-state index in [0.717, 1.165) is 9.86 Å². The highest BCUT2D eigenvalue weighted by atomic mass is 79.9.